The number of nitrogens with zero attached hydrogens (tertiary/aromatic N) is 4. The first-order chi connectivity index (χ1) is 14.3. The van der Waals surface area contributed by atoms with Gasteiger partial charge in [-0.15, -0.1) is 10.2 Å². The summed E-state index contributed by atoms with van der Waals surface area (Å²) in [5.74, 6) is 0.0625. The minimum Gasteiger partial charge on any atom is -0.325 e. The number of amides is 1. The summed E-state index contributed by atoms with van der Waals surface area (Å²) in [7, 11) is 0. The van der Waals surface area contributed by atoms with Gasteiger partial charge in [0.05, 0.1) is 16.2 Å². The van der Waals surface area contributed by atoms with Gasteiger partial charge in [-0.1, -0.05) is 37.7 Å². The molecule has 1 aromatic heterocycles. The zero-order valence-electron chi connectivity index (χ0n) is 16.4. The molecule has 156 valence electrons. The summed E-state index contributed by atoms with van der Waals surface area (Å²) in [6, 6.07) is 11.9. The molecule has 10 heteroatoms. The number of carbonyl (C=O) groups is 1. The van der Waals surface area contributed by atoms with Crippen molar-refractivity contribution in [1.29, 1.82) is 0 Å². The first-order valence-electron chi connectivity index (χ1n) is 9.20. The molecule has 0 aliphatic heterocycles. The molecule has 1 heterocycles. The Bertz CT molecular complexity index is 1050. The van der Waals surface area contributed by atoms with Gasteiger partial charge < -0.3 is 9.88 Å². The van der Waals surface area contributed by atoms with E-state index in [1.54, 1.807) is 18.2 Å². The van der Waals surface area contributed by atoms with Gasteiger partial charge in [0.15, 0.2) is 11.0 Å². The molecule has 3 aromatic rings. The molecule has 0 aliphatic rings. The molecule has 1 N–H and O–H groups in total. The summed E-state index contributed by atoms with van der Waals surface area (Å²) in [6.07, 6.45) is 0. The Labute approximate surface area is 176 Å². The van der Waals surface area contributed by atoms with Gasteiger partial charge in [-0.05, 0) is 30.2 Å². The Morgan fingerprint density at radius 1 is 1.20 bits per heavy atom. The molecule has 8 nitrogen and oxygen atoms in total. The van der Waals surface area contributed by atoms with Gasteiger partial charge >= 0.3 is 0 Å². The third-order valence-corrected chi connectivity index (χ3v) is 5.04. The van der Waals surface area contributed by atoms with Crippen LogP contribution in [0.2, 0.25) is 0 Å². The Morgan fingerprint density at radius 3 is 2.53 bits per heavy atom. The van der Waals surface area contributed by atoms with Crippen LogP contribution in [-0.2, 0) is 11.3 Å². The molecule has 0 bridgehead atoms. The molecular weight excluding hydrogens is 409 g/mol. The zero-order chi connectivity index (χ0) is 21.7. The van der Waals surface area contributed by atoms with E-state index in [0.717, 1.165) is 0 Å². The second-order valence-electron chi connectivity index (χ2n) is 6.93. The van der Waals surface area contributed by atoms with Crippen LogP contribution in [0.4, 0.5) is 15.8 Å². The van der Waals surface area contributed by atoms with Crippen molar-refractivity contribution in [2.45, 2.75) is 25.5 Å². The lowest BCUT2D eigenvalue weighted by Crippen LogP contribution is -2.15. The molecule has 0 saturated carbocycles. The number of anilines is 1. The van der Waals surface area contributed by atoms with Crippen LogP contribution in [0.5, 0.6) is 0 Å². The lowest BCUT2D eigenvalue weighted by atomic mass is 10.2. The minimum absolute atomic E-state index is 0.0511. The fourth-order valence-corrected chi connectivity index (χ4v) is 3.51. The van der Waals surface area contributed by atoms with Crippen LogP contribution in [0.25, 0.3) is 11.4 Å². The zero-order valence-corrected chi connectivity index (χ0v) is 17.2. The average molecular weight is 429 g/mol. The van der Waals surface area contributed by atoms with Crippen LogP contribution >= 0.6 is 11.8 Å². The van der Waals surface area contributed by atoms with Crippen LogP contribution in [0.3, 0.4) is 0 Å². The lowest BCUT2D eigenvalue weighted by Gasteiger charge is -2.13. The smallest absolute Gasteiger partial charge is 0.269 e. The van der Waals surface area contributed by atoms with Gasteiger partial charge in [0.25, 0.3) is 5.69 Å². The Kier molecular flexibility index (Phi) is 6.78. The number of nitro groups is 1. The highest BCUT2D eigenvalue weighted by Crippen LogP contribution is 2.27. The first kappa shape index (κ1) is 21.4. The minimum atomic E-state index is -0.504. The third-order valence-electron chi connectivity index (χ3n) is 4.07. The van der Waals surface area contributed by atoms with Crippen molar-refractivity contribution in [3.8, 4) is 11.4 Å². The number of thioether (sulfide) groups is 1. The number of hydrogen-bond acceptors (Lipinski definition) is 6. The van der Waals surface area contributed by atoms with Gasteiger partial charge in [0, 0.05) is 24.4 Å². The summed E-state index contributed by atoms with van der Waals surface area (Å²) < 4.78 is 16.1. The molecule has 0 spiro atoms. The Balaban J connectivity index is 1.72. The standard InChI is InChI=1S/C20H20FN5O3S/c1-13(2)11-25-19(16-5-3-4-6-17(16)21)23-24-20(25)30-12-18(27)22-14-7-9-15(10-8-14)26(28)29/h3-10,13H,11-12H2,1-2H3,(H,22,27). The molecule has 2 aromatic carbocycles. The van der Waals surface area contributed by atoms with E-state index in [0.29, 0.717) is 28.8 Å². The predicted molar refractivity (Wildman–Crippen MR) is 113 cm³/mol. The number of carbonyl (C=O) groups excluding carboxylic acids is 1. The number of aromatic nitrogens is 3. The number of non-ortho nitro benzene ring substituents is 1. The van der Waals surface area contributed by atoms with Crippen molar-refractivity contribution in [2.75, 3.05) is 11.1 Å². The van der Waals surface area contributed by atoms with E-state index >= 15 is 0 Å². The molecule has 0 saturated heterocycles. The number of hydrogen-bond donors (Lipinski definition) is 1. The van der Waals surface area contributed by atoms with Crippen molar-refractivity contribution >= 4 is 29.0 Å². The molecule has 0 unspecified atom stereocenters. The van der Waals surface area contributed by atoms with Crippen molar-refractivity contribution in [2.24, 2.45) is 5.92 Å². The lowest BCUT2D eigenvalue weighted by molar-refractivity contribution is -0.384. The maximum Gasteiger partial charge on any atom is 0.269 e. The molecule has 1 amide bonds. The summed E-state index contributed by atoms with van der Waals surface area (Å²) in [5.41, 5.74) is 0.763. The number of benzene rings is 2. The molecule has 0 fully saturated rings. The Hall–Kier alpha value is -3.27. The van der Waals surface area contributed by atoms with Crippen LogP contribution < -0.4 is 5.32 Å². The van der Waals surface area contributed by atoms with Crippen molar-refractivity contribution < 1.29 is 14.1 Å². The van der Waals surface area contributed by atoms with E-state index < -0.39 is 4.92 Å². The van der Waals surface area contributed by atoms with Gasteiger partial charge in [-0.3, -0.25) is 14.9 Å². The van der Waals surface area contributed by atoms with E-state index in [1.807, 2.05) is 18.4 Å². The first-order valence-corrected chi connectivity index (χ1v) is 10.2. The maximum absolute atomic E-state index is 14.2. The fourth-order valence-electron chi connectivity index (χ4n) is 2.76. The van der Waals surface area contributed by atoms with Crippen molar-refractivity contribution in [3.63, 3.8) is 0 Å². The normalized spacial score (nSPS) is 10.9. The second kappa shape index (κ2) is 9.49. The highest BCUT2D eigenvalue weighted by atomic mass is 32.2. The van der Waals surface area contributed by atoms with Crippen LogP contribution in [0, 0.1) is 21.8 Å². The summed E-state index contributed by atoms with van der Waals surface area (Å²) >= 11 is 1.19. The predicted octanol–water partition coefficient (Wildman–Crippen LogP) is 4.38. The topological polar surface area (TPSA) is 103 Å². The van der Waals surface area contributed by atoms with Gasteiger partial charge in [-0.25, -0.2) is 4.39 Å². The third kappa shape index (κ3) is 5.20. The molecule has 30 heavy (non-hydrogen) atoms. The van der Waals surface area contributed by atoms with Gasteiger partial charge in [0.1, 0.15) is 5.82 Å². The van der Waals surface area contributed by atoms with E-state index in [1.165, 1.54) is 42.1 Å². The molecule has 0 atom stereocenters. The Morgan fingerprint density at radius 2 is 1.90 bits per heavy atom. The van der Waals surface area contributed by atoms with Crippen molar-refractivity contribution in [1.82, 2.24) is 14.8 Å². The molecule has 3 rings (SSSR count). The molecule has 0 aliphatic carbocycles. The van der Waals surface area contributed by atoms with E-state index in [9.17, 15) is 19.3 Å². The van der Waals surface area contributed by atoms with E-state index in [2.05, 4.69) is 15.5 Å². The van der Waals surface area contributed by atoms with E-state index in [-0.39, 0.29) is 29.1 Å². The van der Waals surface area contributed by atoms with Crippen molar-refractivity contribution in [3.05, 3.63) is 64.5 Å². The van der Waals surface area contributed by atoms with Gasteiger partial charge in [-0.2, -0.15) is 0 Å². The average Bonchev–Trinajstić information content (AvgIpc) is 3.09. The number of rotatable bonds is 8. The number of nitro benzene ring substituents is 1. The second-order valence-corrected chi connectivity index (χ2v) is 7.87. The largest absolute Gasteiger partial charge is 0.325 e. The van der Waals surface area contributed by atoms with Gasteiger partial charge in [0.2, 0.25) is 5.91 Å². The van der Waals surface area contributed by atoms with E-state index in [4.69, 9.17) is 0 Å². The molecular formula is C20H20FN5O3S. The summed E-state index contributed by atoms with van der Waals surface area (Å²) in [5, 5.41) is 22.2. The maximum atomic E-state index is 14.2. The van der Waals surface area contributed by atoms with Crippen LogP contribution in [-0.4, -0.2) is 31.3 Å². The SMILES string of the molecule is CC(C)Cn1c(SCC(=O)Nc2ccc([N+](=O)[O-])cc2)nnc1-c1ccccc1F. The number of nitrogens with one attached hydrogen (secondary N) is 1. The quantitative estimate of drug-likeness (QED) is 0.324. The van der Waals surface area contributed by atoms with Crippen LogP contribution in [0.1, 0.15) is 13.8 Å². The summed E-state index contributed by atoms with van der Waals surface area (Å²) in [6.45, 7) is 4.63. The highest BCUT2D eigenvalue weighted by Gasteiger charge is 2.19. The molecule has 0 radical (unpaired) electrons. The summed E-state index contributed by atoms with van der Waals surface area (Å²) in [4.78, 5) is 22.5. The monoisotopic (exact) mass is 429 g/mol. The fraction of sp³-hybridized carbons (Fsp3) is 0.250. The number of halogens is 1. The highest BCUT2D eigenvalue weighted by molar-refractivity contribution is 7.99. The van der Waals surface area contributed by atoms with Crippen LogP contribution in [0.15, 0.2) is 53.7 Å².